The standard InChI is InChI=1S/C19H13N3O6/c23-16-6-12-4-2-1-3-11(12)5-14(16)19(24)21-20-9-13-7-17-18(28-10-27-17)8-15(13)22(25)26/h1-9,23H,10H2,(H,21,24)/b20-9+. The van der Waals surface area contributed by atoms with Crippen LogP contribution in [0.25, 0.3) is 10.8 Å². The van der Waals surface area contributed by atoms with E-state index in [1.165, 1.54) is 18.2 Å². The van der Waals surface area contributed by atoms with Gasteiger partial charge >= 0.3 is 0 Å². The Labute approximate surface area is 158 Å². The van der Waals surface area contributed by atoms with Gasteiger partial charge in [-0.15, -0.1) is 0 Å². The number of phenolic OH excluding ortho intramolecular Hbond substituents is 1. The molecule has 0 fully saturated rings. The Morgan fingerprint density at radius 2 is 1.82 bits per heavy atom. The largest absolute Gasteiger partial charge is 0.507 e. The minimum atomic E-state index is -0.650. The first-order valence-corrected chi connectivity index (χ1v) is 8.16. The summed E-state index contributed by atoms with van der Waals surface area (Å²) in [5.74, 6) is -0.220. The molecule has 9 nitrogen and oxygen atoms in total. The molecule has 0 spiro atoms. The van der Waals surface area contributed by atoms with Gasteiger partial charge in [0, 0.05) is 0 Å². The summed E-state index contributed by atoms with van der Waals surface area (Å²) in [4.78, 5) is 23.0. The van der Waals surface area contributed by atoms with Crippen molar-refractivity contribution in [2.24, 2.45) is 5.10 Å². The second-order valence-corrected chi connectivity index (χ2v) is 5.94. The summed E-state index contributed by atoms with van der Waals surface area (Å²) < 4.78 is 10.3. The summed E-state index contributed by atoms with van der Waals surface area (Å²) in [7, 11) is 0. The number of carbonyl (C=O) groups excluding carboxylic acids is 1. The summed E-state index contributed by atoms with van der Waals surface area (Å²) in [6, 6.07) is 12.9. The Hall–Kier alpha value is -4.14. The molecule has 3 aromatic carbocycles. The van der Waals surface area contributed by atoms with E-state index in [0.29, 0.717) is 5.75 Å². The zero-order chi connectivity index (χ0) is 19.7. The molecule has 1 aliphatic rings. The lowest BCUT2D eigenvalue weighted by Crippen LogP contribution is -2.17. The van der Waals surface area contributed by atoms with E-state index in [2.05, 4.69) is 10.5 Å². The zero-order valence-corrected chi connectivity index (χ0v) is 14.3. The molecular formula is C19H13N3O6. The van der Waals surface area contributed by atoms with Crippen molar-refractivity contribution < 1.29 is 24.3 Å². The summed E-state index contributed by atoms with van der Waals surface area (Å²) in [5, 5.41) is 26.7. The van der Waals surface area contributed by atoms with E-state index in [-0.39, 0.29) is 35.1 Å². The third-order valence-electron chi connectivity index (χ3n) is 4.20. The number of hydrogen-bond acceptors (Lipinski definition) is 7. The zero-order valence-electron chi connectivity index (χ0n) is 14.3. The molecule has 2 N–H and O–H groups in total. The van der Waals surface area contributed by atoms with Crippen LogP contribution in [0.2, 0.25) is 0 Å². The van der Waals surface area contributed by atoms with Gasteiger partial charge in [0.1, 0.15) is 5.75 Å². The molecule has 0 radical (unpaired) electrons. The van der Waals surface area contributed by atoms with Crippen molar-refractivity contribution in [2.45, 2.75) is 0 Å². The van der Waals surface area contributed by atoms with Gasteiger partial charge in [0.05, 0.1) is 28.3 Å². The second-order valence-electron chi connectivity index (χ2n) is 5.94. The van der Waals surface area contributed by atoms with E-state index in [9.17, 15) is 20.0 Å². The SMILES string of the molecule is O=C(N/N=C/c1cc2c(cc1[N+](=O)[O-])OCO2)c1cc2ccccc2cc1O. The van der Waals surface area contributed by atoms with Crippen molar-refractivity contribution >= 4 is 28.6 Å². The maximum atomic E-state index is 12.3. The number of carbonyl (C=O) groups is 1. The van der Waals surface area contributed by atoms with Crippen molar-refractivity contribution in [3.05, 3.63) is 69.8 Å². The maximum Gasteiger partial charge on any atom is 0.282 e. The molecule has 140 valence electrons. The summed E-state index contributed by atoms with van der Waals surface area (Å²) >= 11 is 0. The van der Waals surface area contributed by atoms with Gasteiger partial charge in [-0.05, 0) is 29.0 Å². The molecule has 1 aliphatic heterocycles. The van der Waals surface area contributed by atoms with Crippen molar-refractivity contribution in [2.75, 3.05) is 6.79 Å². The number of ether oxygens (including phenoxy) is 2. The third kappa shape index (κ3) is 3.16. The van der Waals surface area contributed by atoms with Crippen molar-refractivity contribution in [1.82, 2.24) is 5.43 Å². The predicted octanol–water partition coefficient (Wildman–Crippen LogP) is 2.95. The number of nitro benzene ring substituents is 1. The quantitative estimate of drug-likeness (QED) is 0.408. The van der Waals surface area contributed by atoms with Crippen LogP contribution < -0.4 is 14.9 Å². The fraction of sp³-hybridized carbons (Fsp3) is 0.0526. The molecule has 28 heavy (non-hydrogen) atoms. The van der Waals surface area contributed by atoms with Crippen LogP contribution in [0.15, 0.2) is 53.6 Å². The molecule has 4 rings (SSSR count). The Bertz CT molecular complexity index is 1140. The molecule has 1 amide bonds. The first-order valence-electron chi connectivity index (χ1n) is 8.16. The fourth-order valence-corrected chi connectivity index (χ4v) is 2.84. The van der Waals surface area contributed by atoms with Crippen LogP contribution in [0.1, 0.15) is 15.9 Å². The van der Waals surface area contributed by atoms with Crippen molar-refractivity contribution in [1.29, 1.82) is 0 Å². The highest BCUT2D eigenvalue weighted by atomic mass is 16.7. The first kappa shape index (κ1) is 17.3. The monoisotopic (exact) mass is 379 g/mol. The highest BCUT2D eigenvalue weighted by Crippen LogP contribution is 2.37. The van der Waals surface area contributed by atoms with Gasteiger partial charge in [-0.3, -0.25) is 14.9 Å². The highest BCUT2D eigenvalue weighted by molar-refractivity contribution is 6.02. The Morgan fingerprint density at radius 1 is 1.14 bits per heavy atom. The maximum absolute atomic E-state index is 12.3. The number of phenols is 1. The smallest absolute Gasteiger partial charge is 0.282 e. The Kier molecular flexibility index (Phi) is 4.24. The van der Waals surface area contributed by atoms with E-state index in [0.717, 1.165) is 17.0 Å². The highest BCUT2D eigenvalue weighted by Gasteiger charge is 2.22. The van der Waals surface area contributed by atoms with Crippen LogP contribution in [0.5, 0.6) is 17.2 Å². The van der Waals surface area contributed by atoms with E-state index in [4.69, 9.17) is 9.47 Å². The Morgan fingerprint density at radius 3 is 2.54 bits per heavy atom. The van der Waals surface area contributed by atoms with Crippen molar-refractivity contribution in [3.8, 4) is 17.2 Å². The lowest BCUT2D eigenvalue weighted by Gasteiger charge is -2.06. The lowest BCUT2D eigenvalue weighted by atomic mass is 10.1. The number of hydrazone groups is 1. The van der Waals surface area contributed by atoms with Crippen LogP contribution in [0.3, 0.4) is 0 Å². The van der Waals surface area contributed by atoms with Gasteiger partial charge in [-0.1, -0.05) is 24.3 Å². The molecule has 0 saturated heterocycles. The van der Waals surface area contributed by atoms with E-state index in [1.54, 1.807) is 6.07 Å². The van der Waals surface area contributed by atoms with Crippen molar-refractivity contribution in [3.63, 3.8) is 0 Å². The summed E-state index contributed by atoms with van der Waals surface area (Å²) in [6.07, 6.45) is 1.14. The van der Waals surface area contributed by atoms with Crippen LogP contribution in [0.4, 0.5) is 5.69 Å². The molecule has 0 saturated carbocycles. The molecule has 0 unspecified atom stereocenters. The molecule has 3 aromatic rings. The fourth-order valence-electron chi connectivity index (χ4n) is 2.84. The average Bonchev–Trinajstić information content (AvgIpc) is 3.14. The summed E-state index contributed by atoms with van der Waals surface area (Å²) in [6.45, 7) is -0.0228. The average molecular weight is 379 g/mol. The number of nitrogens with zero attached hydrogens (tertiary/aromatic N) is 2. The van der Waals surface area contributed by atoms with E-state index in [1.807, 2.05) is 24.3 Å². The number of amides is 1. The van der Waals surface area contributed by atoms with E-state index >= 15 is 0 Å². The number of benzene rings is 3. The number of hydrogen-bond donors (Lipinski definition) is 2. The second kappa shape index (κ2) is 6.88. The van der Waals surface area contributed by atoms with Gasteiger partial charge in [-0.25, -0.2) is 5.43 Å². The molecule has 0 bridgehead atoms. The number of rotatable bonds is 4. The van der Waals surface area contributed by atoms with Gasteiger partial charge in [0.2, 0.25) is 6.79 Å². The molecule has 9 heteroatoms. The number of nitro groups is 1. The molecule has 1 heterocycles. The lowest BCUT2D eigenvalue weighted by molar-refractivity contribution is -0.385. The molecule has 0 atom stereocenters. The molecule has 0 aromatic heterocycles. The normalized spacial score (nSPS) is 12.4. The summed E-state index contributed by atoms with van der Waals surface area (Å²) in [5.41, 5.74) is 2.20. The molecular weight excluding hydrogens is 366 g/mol. The molecule has 0 aliphatic carbocycles. The Balaban J connectivity index is 1.58. The number of nitrogens with one attached hydrogen (secondary N) is 1. The van der Waals surface area contributed by atoms with Gasteiger partial charge in [-0.2, -0.15) is 5.10 Å². The van der Waals surface area contributed by atoms with Crippen LogP contribution in [0, 0.1) is 10.1 Å². The number of aromatic hydroxyl groups is 1. The van der Waals surface area contributed by atoms with Crippen LogP contribution in [-0.4, -0.2) is 28.9 Å². The van der Waals surface area contributed by atoms with Gasteiger partial charge in [0.15, 0.2) is 11.5 Å². The first-order chi connectivity index (χ1) is 13.5. The van der Waals surface area contributed by atoms with Crippen LogP contribution >= 0.6 is 0 Å². The van der Waals surface area contributed by atoms with Crippen LogP contribution in [-0.2, 0) is 0 Å². The minimum absolute atomic E-state index is 0.0228. The van der Waals surface area contributed by atoms with Gasteiger partial charge in [0.25, 0.3) is 11.6 Å². The van der Waals surface area contributed by atoms with E-state index < -0.39 is 10.8 Å². The predicted molar refractivity (Wildman–Crippen MR) is 99.9 cm³/mol. The minimum Gasteiger partial charge on any atom is -0.507 e. The third-order valence-corrected chi connectivity index (χ3v) is 4.20. The number of fused-ring (bicyclic) bond motifs is 2. The van der Waals surface area contributed by atoms with Gasteiger partial charge < -0.3 is 14.6 Å². The topological polar surface area (TPSA) is 123 Å².